The molecule has 30 heavy (non-hydrogen) atoms. The van der Waals surface area contributed by atoms with Crippen molar-refractivity contribution in [3.63, 3.8) is 0 Å². The van der Waals surface area contributed by atoms with Gasteiger partial charge in [0.05, 0.1) is 18.6 Å². The summed E-state index contributed by atoms with van der Waals surface area (Å²) in [5.74, 6) is 0.641. The third-order valence-corrected chi connectivity index (χ3v) is 4.82. The summed E-state index contributed by atoms with van der Waals surface area (Å²) in [6.07, 6.45) is 7.59. The van der Waals surface area contributed by atoms with Gasteiger partial charge < -0.3 is 14.3 Å². The molecule has 0 bridgehead atoms. The summed E-state index contributed by atoms with van der Waals surface area (Å²) in [5, 5.41) is 3.00. The fourth-order valence-corrected chi connectivity index (χ4v) is 3.14. The van der Waals surface area contributed by atoms with Gasteiger partial charge in [-0.3, -0.25) is 4.79 Å². The molecule has 0 fully saturated rings. The van der Waals surface area contributed by atoms with Gasteiger partial charge in [0.15, 0.2) is 11.7 Å². The van der Waals surface area contributed by atoms with Crippen LogP contribution in [-0.4, -0.2) is 20.4 Å². The van der Waals surface area contributed by atoms with Crippen LogP contribution in [0.15, 0.2) is 77.9 Å². The molecule has 0 aliphatic carbocycles. The quantitative estimate of drug-likeness (QED) is 0.493. The van der Waals surface area contributed by atoms with Crippen LogP contribution >= 0.6 is 0 Å². The van der Waals surface area contributed by atoms with Crippen molar-refractivity contribution in [3.8, 4) is 17.0 Å². The Kier molecular flexibility index (Phi) is 5.70. The zero-order valence-corrected chi connectivity index (χ0v) is 16.5. The lowest BCUT2D eigenvalue weighted by molar-refractivity contribution is -0.121. The number of halogens is 1. The Labute approximate surface area is 173 Å². The minimum atomic E-state index is -0.305. The van der Waals surface area contributed by atoms with Crippen LogP contribution in [0.3, 0.4) is 0 Å². The monoisotopic (exact) mass is 404 g/mol. The Morgan fingerprint density at radius 2 is 1.93 bits per heavy atom. The van der Waals surface area contributed by atoms with Crippen molar-refractivity contribution in [3.05, 3.63) is 90.7 Å². The van der Waals surface area contributed by atoms with Crippen LogP contribution in [0.1, 0.15) is 30.8 Å². The van der Waals surface area contributed by atoms with Crippen LogP contribution in [0, 0.1) is 5.82 Å². The van der Waals surface area contributed by atoms with Crippen molar-refractivity contribution in [2.24, 2.45) is 0 Å². The highest BCUT2D eigenvalue weighted by Crippen LogP contribution is 2.21. The van der Waals surface area contributed by atoms with E-state index in [1.165, 1.54) is 12.1 Å². The number of aryl methyl sites for hydroxylation is 1. The summed E-state index contributed by atoms with van der Waals surface area (Å²) in [5.41, 5.74) is 2.77. The fourth-order valence-electron chi connectivity index (χ4n) is 3.14. The molecular weight excluding hydrogens is 383 g/mol. The van der Waals surface area contributed by atoms with Crippen molar-refractivity contribution in [1.29, 1.82) is 0 Å². The van der Waals surface area contributed by atoms with Gasteiger partial charge in [0, 0.05) is 36.5 Å². The number of hydrogen-bond acceptors (Lipinski definition) is 4. The van der Waals surface area contributed by atoms with Gasteiger partial charge in [0.25, 0.3) is 0 Å². The summed E-state index contributed by atoms with van der Waals surface area (Å²) < 4.78 is 20.6. The first-order valence-corrected chi connectivity index (χ1v) is 9.67. The van der Waals surface area contributed by atoms with Crippen LogP contribution in [0.25, 0.3) is 17.0 Å². The predicted octanol–water partition coefficient (Wildman–Crippen LogP) is 4.48. The van der Waals surface area contributed by atoms with Gasteiger partial charge in [-0.25, -0.2) is 14.4 Å². The molecule has 0 saturated heterocycles. The molecule has 1 N–H and O–H groups in total. The van der Waals surface area contributed by atoms with Crippen molar-refractivity contribution in [1.82, 2.24) is 19.9 Å². The molecule has 0 radical (unpaired) electrons. The van der Waals surface area contributed by atoms with E-state index in [4.69, 9.17) is 4.42 Å². The van der Waals surface area contributed by atoms with Gasteiger partial charge in [0.2, 0.25) is 5.91 Å². The molecule has 1 amide bonds. The average molecular weight is 404 g/mol. The summed E-state index contributed by atoms with van der Waals surface area (Å²) in [4.78, 5) is 20.6. The highest BCUT2D eigenvalue weighted by Gasteiger charge is 2.12. The molecule has 6 nitrogen and oxygen atoms in total. The summed E-state index contributed by atoms with van der Waals surface area (Å²) >= 11 is 0. The number of amides is 1. The van der Waals surface area contributed by atoms with E-state index < -0.39 is 0 Å². The van der Waals surface area contributed by atoms with E-state index in [0.29, 0.717) is 18.1 Å². The third-order valence-electron chi connectivity index (χ3n) is 4.82. The maximum atomic E-state index is 13.0. The first-order valence-electron chi connectivity index (χ1n) is 9.67. The van der Waals surface area contributed by atoms with Crippen molar-refractivity contribution in [2.45, 2.75) is 25.8 Å². The van der Waals surface area contributed by atoms with Gasteiger partial charge in [-0.15, -0.1) is 0 Å². The number of imidazole rings is 1. The number of benzene rings is 2. The molecule has 0 spiro atoms. The van der Waals surface area contributed by atoms with Gasteiger partial charge >= 0.3 is 0 Å². The predicted molar refractivity (Wildman–Crippen MR) is 110 cm³/mol. The number of aromatic nitrogens is 3. The third kappa shape index (κ3) is 4.63. The van der Waals surface area contributed by atoms with Crippen LogP contribution < -0.4 is 5.32 Å². The number of nitrogens with one attached hydrogen (secondary N) is 1. The first kappa shape index (κ1) is 19.6. The van der Waals surface area contributed by atoms with Gasteiger partial charge in [-0.1, -0.05) is 12.1 Å². The molecular formula is C23H21FN4O2. The van der Waals surface area contributed by atoms with E-state index in [1.807, 2.05) is 42.0 Å². The molecule has 0 aliphatic rings. The Bertz CT molecular complexity index is 1100. The average Bonchev–Trinajstić information content (AvgIpc) is 3.45. The number of oxazole rings is 1. The molecule has 7 heteroatoms. The molecule has 1 unspecified atom stereocenters. The summed E-state index contributed by atoms with van der Waals surface area (Å²) in [6.45, 7) is 1.95. The molecule has 1 atom stereocenters. The molecule has 0 aliphatic heterocycles. The minimum Gasteiger partial charge on any atom is -0.441 e. The fraction of sp³-hybridized carbons (Fsp3) is 0.174. The standard InChI is InChI=1S/C23H21FN4O2/c1-16(17-4-8-20(9-5-17)28-13-12-25-15-28)27-22(29)10-11-23-26-14-21(30-23)18-2-6-19(24)7-3-18/h2-9,12-16H,10-11H2,1H3,(H,27,29). The Morgan fingerprint density at radius 1 is 1.17 bits per heavy atom. The van der Waals surface area contributed by atoms with Crippen LogP contribution in [-0.2, 0) is 11.2 Å². The second-order valence-corrected chi connectivity index (χ2v) is 6.98. The maximum absolute atomic E-state index is 13.0. The van der Waals surface area contributed by atoms with Crippen LogP contribution in [0.2, 0.25) is 0 Å². The molecule has 2 aromatic heterocycles. The van der Waals surface area contributed by atoms with E-state index in [1.54, 1.807) is 30.9 Å². The van der Waals surface area contributed by atoms with Crippen molar-refractivity contribution < 1.29 is 13.6 Å². The van der Waals surface area contributed by atoms with Gasteiger partial charge in [-0.2, -0.15) is 0 Å². The van der Waals surface area contributed by atoms with E-state index in [9.17, 15) is 9.18 Å². The molecule has 2 heterocycles. The second kappa shape index (κ2) is 8.73. The zero-order valence-electron chi connectivity index (χ0n) is 16.5. The van der Waals surface area contributed by atoms with Gasteiger partial charge in [-0.05, 0) is 48.9 Å². The van der Waals surface area contributed by atoms with Crippen molar-refractivity contribution >= 4 is 5.91 Å². The number of carbonyl (C=O) groups is 1. The van der Waals surface area contributed by atoms with Gasteiger partial charge in [0.1, 0.15) is 5.82 Å². The van der Waals surface area contributed by atoms with E-state index in [0.717, 1.165) is 16.8 Å². The zero-order chi connectivity index (χ0) is 20.9. The molecule has 4 aromatic rings. The van der Waals surface area contributed by atoms with E-state index >= 15 is 0 Å². The molecule has 0 saturated carbocycles. The Morgan fingerprint density at radius 3 is 2.63 bits per heavy atom. The number of rotatable bonds is 7. The highest BCUT2D eigenvalue weighted by atomic mass is 19.1. The van der Waals surface area contributed by atoms with Crippen LogP contribution in [0.5, 0.6) is 0 Å². The first-order chi connectivity index (χ1) is 14.6. The normalized spacial score (nSPS) is 11.9. The van der Waals surface area contributed by atoms with E-state index in [2.05, 4.69) is 15.3 Å². The lowest BCUT2D eigenvalue weighted by Gasteiger charge is -2.15. The number of nitrogens with zero attached hydrogens (tertiary/aromatic N) is 3. The lowest BCUT2D eigenvalue weighted by Crippen LogP contribution is -2.26. The largest absolute Gasteiger partial charge is 0.441 e. The second-order valence-electron chi connectivity index (χ2n) is 6.98. The molecule has 152 valence electrons. The summed E-state index contributed by atoms with van der Waals surface area (Å²) in [6, 6.07) is 13.8. The number of hydrogen-bond donors (Lipinski definition) is 1. The topological polar surface area (TPSA) is 73.0 Å². The SMILES string of the molecule is CC(NC(=O)CCc1ncc(-c2ccc(F)cc2)o1)c1ccc(-n2ccnc2)cc1. The highest BCUT2D eigenvalue weighted by molar-refractivity contribution is 5.76. The molecule has 4 rings (SSSR count). The summed E-state index contributed by atoms with van der Waals surface area (Å²) in [7, 11) is 0. The Balaban J connectivity index is 1.30. The minimum absolute atomic E-state index is 0.0808. The Hall–Kier alpha value is -3.74. The lowest BCUT2D eigenvalue weighted by atomic mass is 10.1. The smallest absolute Gasteiger partial charge is 0.220 e. The maximum Gasteiger partial charge on any atom is 0.220 e. The molecule has 2 aromatic carbocycles. The van der Waals surface area contributed by atoms with Crippen molar-refractivity contribution in [2.75, 3.05) is 0 Å². The van der Waals surface area contributed by atoms with E-state index in [-0.39, 0.29) is 24.2 Å². The number of carbonyl (C=O) groups excluding carboxylic acids is 1. The van der Waals surface area contributed by atoms with Crippen LogP contribution in [0.4, 0.5) is 4.39 Å².